The number of nitro benzene ring substituents is 1. The fourth-order valence-corrected chi connectivity index (χ4v) is 3.20. The standard InChI is InChI=1S/C19H13ClN2O7/c20-12-5-1-10(2-6-12)16-15(18(26)19(27)21(16)9-14(23)24)17(25)11-3-7-13(8-4-11)22(28)29/h1-8,16,25H,9H2,(H,23,24)/b17-15+/t16-/m0/s1. The summed E-state index contributed by atoms with van der Waals surface area (Å²) in [6.45, 7) is -0.755. The number of amides is 1. The van der Waals surface area contributed by atoms with Gasteiger partial charge in [0.25, 0.3) is 17.4 Å². The average Bonchev–Trinajstić information content (AvgIpc) is 2.92. The lowest BCUT2D eigenvalue weighted by molar-refractivity contribution is -0.384. The van der Waals surface area contributed by atoms with Gasteiger partial charge < -0.3 is 15.1 Å². The van der Waals surface area contributed by atoms with E-state index in [4.69, 9.17) is 16.7 Å². The van der Waals surface area contributed by atoms with Crippen molar-refractivity contribution in [3.63, 3.8) is 0 Å². The van der Waals surface area contributed by atoms with E-state index in [1.165, 1.54) is 36.4 Å². The van der Waals surface area contributed by atoms with Gasteiger partial charge in [0.05, 0.1) is 16.5 Å². The molecule has 10 heteroatoms. The van der Waals surface area contributed by atoms with Crippen LogP contribution in [0.1, 0.15) is 17.2 Å². The van der Waals surface area contributed by atoms with Gasteiger partial charge in [0.15, 0.2) is 0 Å². The summed E-state index contributed by atoms with van der Waals surface area (Å²) >= 11 is 5.87. The van der Waals surface area contributed by atoms with Gasteiger partial charge in [-0.05, 0) is 29.8 Å². The Hall–Kier alpha value is -3.72. The molecule has 9 nitrogen and oxygen atoms in total. The first-order valence-corrected chi connectivity index (χ1v) is 8.59. The highest BCUT2D eigenvalue weighted by Gasteiger charge is 2.46. The Balaban J connectivity index is 2.16. The maximum Gasteiger partial charge on any atom is 0.323 e. The molecule has 2 aromatic rings. The summed E-state index contributed by atoms with van der Waals surface area (Å²) in [6, 6.07) is 9.62. The first kappa shape index (κ1) is 20.0. The summed E-state index contributed by atoms with van der Waals surface area (Å²) in [6.07, 6.45) is 0. The van der Waals surface area contributed by atoms with Crippen LogP contribution in [0.3, 0.4) is 0 Å². The minimum absolute atomic E-state index is 0.0721. The van der Waals surface area contributed by atoms with Crippen LogP contribution in [0.15, 0.2) is 54.1 Å². The predicted octanol–water partition coefficient (Wildman–Crippen LogP) is 2.75. The maximum atomic E-state index is 12.6. The number of nitrogens with zero attached hydrogens (tertiary/aromatic N) is 2. The van der Waals surface area contributed by atoms with E-state index in [0.29, 0.717) is 10.6 Å². The monoisotopic (exact) mass is 416 g/mol. The summed E-state index contributed by atoms with van der Waals surface area (Å²) in [7, 11) is 0. The van der Waals surface area contributed by atoms with Crippen LogP contribution in [-0.4, -0.2) is 44.2 Å². The zero-order valence-electron chi connectivity index (χ0n) is 14.6. The Morgan fingerprint density at radius 3 is 2.17 bits per heavy atom. The number of Topliss-reactive ketones (excluding diaryl/α,β-unsaturated/α-hetero) is 1. The highest BCUT2D eigenvalue weighted by molar-refractivity contribution is 6.46. The molecule has 0 aromatic heterocycles. The summed E-state index contributed by atoms with van der Waals surface area (Å²) < 4.78 is 0. The van der Waals surface area contributed by atoms with E-state index >= 15 is 0 Å². The number of hydrogen-bond acceptors (Lipinski definition) is 6. The van der Waals surface area contributed by atoms with Crippen molar-refractivity contribution in [3.8, 4) is 0 Å². The number of ketones is 1. The van der Waals surface area contributed by atoms with E-state index < -0.39 is 40.9 Å². The highest BCUT2D eigenvalue weighted by atomic mass is 35.5. The van der Waals surface area contributed by atoms with Gasteiger partial charge >= 0.3 is 5.97 Å². The summed E-state index contributed by atoms with van der Waals surface area (Å²) in [5, 5.41) is 31.0. The zero-order chi connectivity index (χ0) is 21.3. The molecule has 1 amide bonds. The second-order valence-electron chi connectivity index (χ2n) is 6.18. The number of carboxylic acid groups (broad SMARTS) is 1. The fraction of sp³-hybridized carbons (Fsp3) is 0.105. The summed E-state index contributed by atoms with van der Waals surface area (Å²) in [4.78, 5) is 47.3. The van der Waals surface area contributed by atoms with Crippen LogP contribution in [0.5, 0.6) is 0 Å². The minimum atomic E-state index is -1.33. The first-order valence-electron chi connectivity index (χ1n) is 8.21. The van der Waals surface area contributed by atoms with Crippen LogP contribution in [0, 0.1) is 10.1 Å². The second kappa shape index (κ2) is 7.72. The maximum absolute atomic E-state index is 12.6. The number of likely N-dealkylation sites (tertiary alicyclic amines) is 1. The first-order chi connectivity index (χ1) is 13.7. The Morgan fingerprint density at radius 2 is 1.66 bits per heavy atom. The van der Waals surface area contributed by atoms with Gasteiger partial charge in [-0.15, -0.1) is 0 Å². The lowest BCUT2D eigenvalue weighted by Gasteiger charge is -2.23. The molecule has 1 atom stereocenters. The second-order valence-corrected chi connectivity index (χ2v) is 6.61. The van der Waals surface area contributed by atoms with E-state index in [9.17, 15) is 29.6 Å². The van der Waals surface area contributed by atoms with E-state index in [-0.39, 0.29) is 16.8 Å². The molecule has 1 aliphatic rings. The van der Waals surface area contributed by atoms with E-state index in [2.05, 4.69) is 0 Å². The minimum Gasteiger partial charge on any atom is -0.507 e. The van der Waals surface area contributed by atoms with Crippen LogP contribution < -0.4 is 0 Å². The van der Waals surface area contributed by atoms with Crippen molar-refractivity contribution in [2.24, 2.45) is 0 Å². The number of aliphatic carboxylic acids is 1. The highest BCUT2D eigenvalue weighted by Crippen LogP contribution is 2.39. The normalized spacial score (nSPS) is 18.1. The third-order valence-electron chi connectivity index (χ3n) is 4.38. The quantitative estimate of drug-likeness (QED) is 0.251. The smallest absolute Gasteiger partial charge is 0.323 e. The number of carbonyl (C=O) groups excluding carboxylic acids is 2. The molecule has 2 N–H and O–H groups in total. The predicted molar refractivity (Wildman–Crippen MR) is 101 cm³/mol. The molecule has 0 bridgehead atoms. The lowest BCUT2D eigenvalue weighted by Crippen LogP contribution is -2.34. The van der Waals surface area contributed by atoms with Crippen molar-refractivity contribution in [2.45, 2.75) is 6.04 Å². The molecule has 0 radical (unpaired) electrons. The van der Waals surface area contributed by atoms with E-state index in [1.807, 2.05) is 0 Å². The molecule has 148 valence electrons. The summed E-state index contributed by atoms with van der Waals surface area (Å²) in [5.41, 5.74) is -0.0873. The third kappa shape index (κ3) is 3.81. The van der Waals surface area contributed by atoms with Gasteiger partial charge in [-0.3, -0.25) is 24.5 Å². The van der Waals surface area contributed by atoms with Crippen molar-refractivity contribution >= 4 is 40.7 Å². The zero-order valence-corrected chi connectivity index (χ0v) is 15.4. The van der Waals surface area contributed by atoms with Crippen LogP contribution in [0.2, 0.25) is 5.02 Å². The molecule has 0 aliphatic carbocycles. The molecule has 29 heavy (non-hydrogen) atoms. The van der Waals surface area contributed by atoms with Crippen molar-refractivity contribution in [1.29, 1.82) is 0 Å². The molecule has 0 saturated carbocycles. The Morgan fingerprint density at radius 1 is 1.07 bits per heavy atom. The van der Waals surface area contributed by atoms with Gasteiger partial charge in [0.1, 0.15) is 12.3 Å². The van der Waals surface area contributed by atoms with Gasteiger partial charge in [-0.1, -0.05) is 23.7 Å². The molecular weight excluding hydrogens is 404 g/mol. The van der Waals surface area contributed by atoms with Crippen molar-refractivity contribution < 1.29 is 29.5 Å². The number of nitro groups is 1. The van der Waals surface area contributed by atoms with Crippen molar-refractivity contribution in [2.75, 3.05) is 6.54 Å². The number of hydrogen-bond donors (Lipinski definition) is 2. The Kier molecular flexibility index (Phi) is 5.33. The summed E-state index contributed by atoms with van der Waals surface area (Å²) in [5.74, 6) is -4.02. The van der Waals surface area contributed by atoms with Gasteiger partial charge in [-0.25, -0.2) is 0 Å². The molecular formula is C19H13ClN2O7. The molecule has 0 spiro atoms. The number of rotatable bonds is 5. The molecule has 1 heterocycles. The third-order valence-corrected chi connectivity index (χ3v) is 4.63. The number of carbonyl (C=O) groups is 3. The number of halogens is 1. The number of non-ortho nitro benzene ring substituents is 1. The SMILES string of the molecule is O=C(O)CN1C(=O)C(=O)/C(=C(/O)c2ccc([N+](=O)[O-])cc2)[C@@H]1c1ccc(Cl)cc1. The van der Waals surface area contributed by atoms with Crippen LogP contribution in [0.25, 0.3) is 5.76 Å². The topological polar surface area (TPSA) is 138 Å². The van der Waals surface area contributed by atoms with Crippen LogP contribution in [-0.2, 0) is 14.4 Å². The number of benzene rings is 2. The van der Waals surface area contributed by atoms with Crippen LogP contribution >= 0.6 is 11.6 Å². The fourth-order valence-electron chi connectivity index (χ4n) is 3.08. The Labute approximate surface area is 168 Å². The molecule has 3 rings (SSSR count). The van der Waals surface area contributed by atoms with Gasteiger partial charge in [0, 0.05) is 22.7 Å². The van der Waals surface area contributed by atoms with Crippen molar-refractivity contribution in [1.82, 2.24) is 4.90 Å². The molecule has 1 fully saturated rings. The van der Waals surface area contributed by atoms with Crippen molar-refractivity contribution in [3.05, 3.63) is 80.4 Å². The largest absolute Gasteiger partial charge is 0.507 e. The van der Waals surface area contributed by atoms with E-state index in [0.717, 1.165) is 17.0 Å². The van der Waals surface area contributed by atoms with Gasteiger partial charge in [-0.2, -0.15) is 0 Å². The lowest BCUT2D eigenvalue weighted by atomic mass is 9.95. The van der Waals surface area contributed by atoms with Crippen LogP contribution in [0.4, 0.5) is 5.69 Å². The molecule has 0 unspecified atom stereocenters. The average molecular weight is 417 g/mol. The molecule has 1 saturated heterocycles. The Bertz CT molecular complexity index is 1050. The van der Waals surface area contributed by atoms with E-state index in [1.54, 1.807) is 0 Å². The number of aliphatic hydroxyl groups is 1. The molecule has 1 aliphatic heterocycles. The van der Waals surface area contributed by atoms with Gasteiger partial charge in [0.2, 0.25) is 0 Å². The molecule has 2 aromatic carbocycles. The number of carboxylic acids is 1. The number of aliphatic hydroxyl groups excluding tert-OH is 1.